The summed E-state index contributed by atoms with van der Waals surface area (Å²) in [4.78, 5) is 0.252. The first kappa shape index (κ1) is 14.4. The molecule has 0 spiro atoms. The Hall–Kier alpha value is -1.04. The lowest BCUT2D eigenvalue weighted by atomic mass is 10.2. The maximum absolute atomic E-state index is 12.3. The zero-order chi connectivity index (χ0) is 14.0. The molecular formula is C13H11BrClNO2S. The second-order valence-electron chi connectivity index (χ2n) is 4.00. The van der Waals surface area contributed by atoms with Crippen LogP contribution in [0.4, 0.5) is 5.69 Å². The lowest BCUT2D eigenvalue weighted by Gasteiger charge is -2.11. The number of halogens is 2. The van der Waals surface area contributed by atoms with Crippen molar-refractivity contribution in [2.45, 2.75) is 11.8 Å². The SMILES string of the molecule is Cc1ccccc1S(=O)(=O)Nc1cc(Cl)ccc1Br. The number of nitrogens with one attached hydrogen (secondary N) is 1. The van der Waals surface area contributed by atoms with Gasteiger partial charge in [-0.15, -0.1) is 0 Å². The van der Waals surface area contributed by atoms with Gasteiger partial charge in [-0.25, -0.2) is 8.42 Å². The second kappa shape index (κ2) is 5.53. The first-order chi connectivity index (χ1) is 8.90. The monoisotopic (exact) mass is 359 g/mol. The lowest BCUT2D eigenvalue weighted by Crippen LogP contribution is -2.14. The molecule has 1 N–H and O–H groups in total. The molecule has 0 saturated carbocycles. The molecule has 19 heavy (non-hydrogen) atoms. The predicted octanol–water partition coefficient (Wildman–Crippen LogP) is 4.21. The van der Waals surface area contributed by atoms with Crippen LogP contribution in [-0.4, -0.2) is 8.42 Å². The van der Waals surface area contributed by atoms with Crippen molar-refractivity contribution in [3.05, 3.63) is 57.5 Å². The summed E-state index contributed by atoms with van der Waals surface area (Å²) in [6.45, 7) is 1.75. The third-order valence-corrected chi connectivity index (χ3v) is 5.01. The van der Waals surface area contributed by atoms with Gasteiger partial charge in [0.15, 0.2) is 0 Å². The van der Waals surface area contributed by atoms with Crippen LogP contribution in [0.3, 0.4) is 0 Å². The number of hydrogen-bond acceptors (Lipinski definition) is 2. The Bertz CT molecular complexity index is 716. The molecule has 100 valence electrons. The van der Waals surface area contributed by atoms with Crippen LogP contribution in [0.5, 0.6) is 0 Å². The molecule has 2 aromatic rings. The largest absolute Gasteiger partial charge is 0.278 e. The van der Waals surface area contributed by atoms with Gasteiger partial charge in [-0.2, -0.15) is 0 Å². The summed E-state index contributed by atoms with van der Waals surface area (Å²) in [5.41, 5.74) is 1.10. The van der Waals surface area contributed by atoms with Crippen molar-refractivity contribution < 1.29 is 8.42 Å². The molecular weight excluding hydrogens is 350 g/mol. The summed E-state index contributed by atoms with van der Waals surface area (Å²) in [5.74, 6) is 0. The molecule has 6 heteroatoms. The second-order valence-corrected chi connectivity index (χ2v) is 6.94. The summed E-state index contributed by atoms with van der Waals surface area (Å²) in [5, 5.41) is 0.464. The van der Waals surface area contributed by atoms with Crippen LogP contribution in [0.1, 0.15) is 5.56 Å². The fraction of sp³-hybridized carbons (Fsp3) is 0.0769. The van der Waals surface area contributed by atoms with E-state index in [0.717, 1.165) is 0 Å². The molecule has 0 heterocycles. The molecule has 2 rings (SSSR count). The van der Waals surface area contributed by atoms with Gasteiger partial charge in [0.1, 0.15) is 0 Å². The maximum Gasteiger partial charge on any atom is 0.262 e. The topological polar surface area (TPSA) is 46.2 Å². The average Bonchev–Trinajstić information content (AvgIpc) is 2.34. The van der Waals surface area contributed by atoms with Crippen molar-refractivity contribution in [1.29, 1.82) is 0 Å². The zero-order valence-corrected chi connectivity index (χ0v) is 13.2. The number of anilines is 1. The van der Waals surface area contributed by atoms with Gasteiger partial charge in [0.25, 0.3) is 10.0 Å². The van der Waals surface area contributed by atoms with Crippen molar-refractivity contribution in [2.75, 3.05) is 4.72 Å². The van der Waals surface area contributed by atoms with Crippen LogP contribution in [0.25, 0.3) is 0 Å². The van der Waals surface area contributed by atoms with Gasteiger partial charge in [-0.3, -0.25) is 4.72 Å². The van der Waals surface area contributed by atoms with E-state index in [0.29, 0.717) is 20.7 Å². The molecule has 2 aromatic carbocycles. The van der Waals surface area contributed by atoms with Gasteiger partial charge in [0.2, 0.25) is 0 Å². The van der Waals surface area contributed by atoms with Crippen molar-refractivity contribution in [1.82, 2.24) is 0 Å². The van der Waals surface area contributed by atoms with Crippen LogP contribution >= 0.6 is 27.5 Å². The summed E-state index contributed by atoms with van der Waals surface area (Å²) in [6.07, 6.45) is 0. The molecule has 0 amide bonds. The van der Waals surface area contributed by atoms with E-state index in [1.54, 1.807) is 49.4 Å². The number of benzene rings is 2. The predicted molar refractivity (Wildman–Crippen MR) is 81.1 cm³/mol. The number of rotatable bonds is 3. The third-order valence-electron chi connectivity index (χ3n) is 2.56. The molecule has 0 fully saturated rings. The summed E-state index contributed by atoms with van der Waals surface area (Å²) >= 11 is 9.16. The molecule has 0 atom stereocenters. The highest BCUT2D eigenvalue weighted by atomic mass is 79.9. The number of hydrogen-bond donors (Lipinski definition) is 1. The van der Waals surface area contributed by atoms with E-state index in [2.05, 4.69) is 20.7 Å². The van der Waals surface area contributed by atoms with Crippen LogP contribution in [-0.2, 0) is 10.0 Å². The Labute approximate surface area is 125 Å². The van der Waals surface area contributed by atoms with E-state index >= 15 is 0 Å². The van der Waals surface area contributed by atoms with E-state index in [1.807, 2.05) is 0 Å². The van der Waals surface area contributed by atoms with Gasteiger partial charge in [-0.1, -0.05) is 29.8 Å². The molecule has 0 aromatic heterocycles. The van der Waals surface area contributed by atoms with Crippen LogP contribution < -0.4 is 4.72 Å². The number of sulfonamides is 1. The normalized spacial score (nSPS) is 11.3. The standard InChI is InChI=1S/C13H11BrClNO2S/c1-9-4-2-3-5-13(9)19(17,18)16-12-8-10(15)6-7-11(12)14/h2-8,16H,1H3. The summed E-state index contributed by atoms with van der Waals surface area (Å²) in [7, 11) is -3.62. The third kappa shape index (κ3) is 3.29. The minimum absolute atomic E-state index is 0.252. The van der Waals surface area contributed by atoms with Crippen molar-refractivity contribution in [3.8, 4) is 0 Å². The smallest absolute Gasteiger partial charge is 0.262 e. The Kier molecular flexibility index (Phi) is 4.18. The van der Waals surface area contributed by atoms with Gasteiger partial charge in [0.05, 0.1) is 10.6 Å². The minimum atomic E-state index is -3.62. The van der Waals surface area contributed by atoms with E-state index in [9.17, 15) is 8.42 Å². The number of aryl methyl sites for hydroxylation is 1. The molecule has 0 radical (unpaired) electrons. The lowest BCUT2D eigenvalue weighted by molar-refractivity contribution is 0.600. The Morgan fingerprint density at radius 3 is 2.53 bits per heavy atom. The summed E-state index contributed by atoms with van der Waals surface area (Å²) < 4.78 is 27.8. The van der Waals surface area contributed by atoms with Gasteiger partial charge in [0, 0.05) is 9.50 Å². The van der Waals surface area contributed by atoms with E-state index in [1.165, 1.54) is 0 Å². The highest BCUT2D eigenvalue weighted by molar-refractivity contribution is 9.10. The van der Waals surface area contributed by atoms with Crippen molar-refractivity contribution in [2.24, 2.45) is 0 Å². The molecule has 0 aliphatic rings. The quantitative estimate of drug-likeness (QED) is 0.891. The van der Waals surface area contributed by atoms with Crippen molar-refractivity contribution in [3.63, 3.8) is 0 Å². The van der Waals surface area contributed by atoms with E-state index < -0.39 is 10.0 Å². The van der Waals surface area contributed by atoms with Gasteiger partial charge in [-0.05, 0) is 52.7 Å². The first-order valence-corrected chi connectivity index (χ1v) is 8.09. The minimum Gasteiger partial charge on any atom is -0.278 e. The van der Waals surface area contributed by atoms with Gasteiger partial charge >= 0.3 is 0 Å². The average molecular weight is 361 g/mol. The molecule has 0 saturated heterocycles. The highest BCUT2D eigenvalue weighted by Crippen LogP contribution is 2.28. The molecule has 0 unspecified atom stereocenters. The highest BCUT2D eigenvalue weighted by Gasteiger charge is 2.17. The fourth-order valence-corrected chi connectivity index (χ4v) is 3.60. The maximum atomic E-state index is 12.3. The van der Waals surface area contributed by atoms with Gasteiger partial charge < -0.3 is 0 Å². The Morgan fingerprint density at radius 2 is 1.84 bits per heavy atom. The fourth-order valence-electron chi connectivity index (χ4n) is 1.63. The van der Waals surface area contributed by atoms with Crippen LogP contribution in [0, 0.1) is 6.92 Å². The zero-order valence-electron chi connectivity index (χ0n) is 10.0. The molecule has 0 bridgehead atoms. The van der Waals surface area contributed by atoms with E-state index in [-0.39, 0.29) is 4.90 Å². The first-order valence-electron chi connectivity index (χ1n) is 5.43. The van der Waals surface area contributed by atoms with Crippen molar-refractivity contribution >= 4 is 43.2 Å². The Balaban J connectivity index is 2.43. The molecule has 0 aliphatic heterocycles. The van der Waals surface area contributed by atoms with E-state index in [4.69, 9.17) is 11.6 Å². The summed E-state index contributed by atoms with van der Waals surface area (Å²) in [6, 6.07) is 11.7. The van der Waals surface area contributed by atoms with Crippen LogP contribution in [0.2, 0.25) is 5.02 Å². The van der Waals surface area contributed by atoms with Crippen LogP contribution in [0.15, 0.2) is 51.8 Å². The molecule has 3 nitrogen and oxygen atoms in total. The molecule has 0 aliphatic carbocycles. The Morgan fingerprint density at radius 1 is 1.16 bits per heavy atom.